The zero-order valence-corrected chi connectivity index (χ0v) is 8.28. The fourth-order valence-corrected chi connectivity index (χ4v) is 1.67. The third-order valence-electron chi connectivity index (χ3n) is 2.34. The van der Waals surface area contributed by atoms with Crippen molar-refractivity contribution in [3.63, 3.8) is 0 Å². The van der Waals surface area contributed by atoms with Crippen LogP contribution in [0.1, 0.15) is 6.92 Å². The summed E-state index contributed by atoms with van der Waals surface area (Å²) in [6, 6.07) is 0.248. The minimum atomic E-state index is 0.248. The molecule has 0 radical (unpaired) electrons. The summed E-state index contributed by atoms with van der Waals surface area (Å²) in [5.41, 5.74) is 5.71. The first-order chi connectivity index (χ1) is 6.22. The molecule has 0 aromatic heterocycles. The number of nitrogens with two attached hydrogens (primary N) is 1. The van der Waals surface area contributed by atoms with E-state index >= 15 is 0 Å². The van der Waals surface area contributed by atoms with E-state index in [1.165, 1.54) is 0 Å². The van der Waals surface area contributed by atoms with Crippen LogP contribution in [0.5, 0.6) is 0 Å². The van der Waals surface area contributed by atoms with Crippen molar-refractivity contribution in [3.8, 4) is 0 Å². The quantitative estimate of drug-likeness (QED) is 0.580. The van der Waals surface area contributed by atoms with Crippen LogP contribution < -0.4 is 5.73 Å². The molecule has 4 heteroatoms. The fourth-order valence-electron chi connectivity index (χ4n) is 1.67. The molecule has 1 atom stereocenters. The molecule has 4 nitrogen and oxygen atoms in total. The molecule has 0 amide bonds. The summed E-state index contributed by atoms with van der Waals surface area (Å²) < 4.78 is 0. The van der Waals surface area contributed by atoms with Crippen molar-refractivity contribution in [2.24, 2.45) is 5.73 Å². The SMILES string of the molecule is C[C@H](N)CN1CCN(CC=O)CC1. The van der Waals surface area contributed by atoms with E-state index < -0.39 is 0 Å². The molecular formula is C9H19N3O. The zero-order chi connectivity index (χ0) is 9.68. The van der Waals surface area contributed by atoms with Crippen molar-refractivity contribution in [1.29, 1.82) is 0 Å². The second-order valence-electron chi connectivity index (χ2n) is 3.75. The Labute approximate surface area is 79.7 Å². The molecule has 1 heterocycles. The predicted octanol–water partition coefficient (Wildman–Crippen LogP) is -0.850. The minimum absolute atomic E-state index is 0.248. The van der Waals surface area contributed by atoms with E-state index in [0.29, 0.717) is 6.54 Å². The van der Waals surface area contributed by atoms with Crippen LogP contribution in [0.15, 0.2) is 0 Å². The highest BCUT2D eigenvalue weighted by Gasteiger charge is 2.16. The Balaban J connectivity index is 2.18. The highest BCUT2D eigenvalue weighted by atomic mass is 16.1. The van der Waals surface area contributed by atoms with Crippen LogP contribution in [0.3, 0.4) is 0 Å². The van der Waals surface area contributed by atoms with Gasteiger partial charge in [0.1, 0.15) is 6.29 Å². The first kappa shape index (κ1) is 10.6. The number of rotatable bonds is 4. The van der Waals surface area contributed by atoms with Gasteiger partial charge in [-0.15, -0.1) is 0 Å². The third kappa shape index (κ3) is 3.85. The van der Waals surface area contributed by atoms with Crippen LogP contribution in [0.4, 0.5) is 0 Å². The van der Waals surface area contributed by atoms with Gasteiger partial charge in [-0.2, -0.15) is 0 Å². The lowest BCUT2D eigenvalue weighted by Gasteiger charge is -2.34. The van der Waals surface area contributed by atoms with Crippen LogP contribution in [0.25, 0.3) is 0 Å². The molecule has 0 aliphatic carbocycles. The number of hydrogen-bond donors (Lipinski definition) is 1. The Morgan fingerprint density at radius 3 is 2.31 bits per heavy atom. The molecule has 1 fully saturated rings. The van der Waals surface area contributed by atoms with E-state index in [2.05, 4.69) is 9.80 Å². The summed E-state index contributed by atoms with van der Waals surface area (Å²) >= 11 is 0. The number of nitrogens with zero attached hydrogens (tertiary/aromatic N) is 2. The standard InChI is InChI=1S/C9H19N3O/c1-9(10)8-12-4-2-11(3-5-12)6-7-13/h7,9H,2-6,8,10H2,1H3/t9-/m0/s1. The van der Waals surface area contributed by atoms with Crippen LogP contribution in [-0.4, -0.2) is 61.4 Å². The summed E-state index contributed by atoms with van der Waals surface area (Å²) in [7, 11) is 0. The summed E-state index contributed by atoms with van der Waals surface area (Å²) in [4.78, 5) is 14.8. The number of piperazine rings is 1. The van der Waals surface area contributed by atoms with Gasteiger partial charge in [0.15, 0.2) is 0 Å². The maximum absolute atomic E-state index is 10.3. The van der Waals surface area contributed by atoms with Crippen LogP contribution in [0.2, 0.25) is 0 Å². The molecule has 0 spiro atoms. The van der Waals surface area contributed by atoms with Gasteiger partial charge >= 0.3 is 0 Å². The molecule has 0 bridgehead atoms. The summed E-state index contributed by atoms with van der Waals surface area (Å²) in [6.45, 7) is 7.63. The Hall–Kier alpha value is -0.450. The van der Waals surface area contributed by atoms with E-state index in [9.17, 15) is 4.79 Å². The molecule has 0 aromatic carbocycles. The summed E-state index contributed by atoms with van der Waals surface area (Å²) in [5.74, 6) is 0. The highest BCUT2D eigenvalue weighted by Crippen LogP contribution is 2.00. The van der Waals surface area contributed by atoms with E-state index in [4.69, 9.17) is 5.73 Å². The van der Waals surface area contributed by atoms with Crippen molar-refractivity contribution < 1.29 is 4.79 Å². The molecule has 13 heavy (non-hydrogen) atoms. The van der Waals surface area contributed by atoms with Gasteiger partial charge in [0.05, 0.1) is 6.54 Å². The molecule has 1 rings (SSSR count). The highest BCUT2D eigenvalue weighted by molar-refractivity contribution is 5.51. The molecule has 1 aliphatic rings. The monoisotopic (exact) mass is 185 g/mol. The average molecular weight is 185 g/mol. The Morgan fingerprint density at radius 1 is 1.31 bits per heavy atom. The van der Waals surface area contributed by atoms with E-state index in [-0.39, 0.29) is 6.04 Å². The Morgan fingerprint density at radius 2 is 1.85 bits per heavy atom. The third-order valence-corrected chi connectivity index (χ3v) is 2.34. The van der Waals surface area contributed by atoms with Gasteiger partial charge in [-0.25, -0.2) is 0 Å². The smallest absolute Gasteiger partial charge is 0.133 e. The first-order valence-electron chi connectivity index (χ1n) is 4.86. The molecule has 0 unspecified atom stereocenters. The van der Waals surface area contributed by atoms with Crippen molar-refractivity contribution >= 4 is 6.29 Å². The number of carbonyl (C=O) groups is 1. The van der Waals surface area contributed by atoms with Gasteiger partial charge in [-0.05, 0) is 6.92 Å². The lowest BCUT2D eigenvalue weighted by Crippen LogP contribution is -2.49. The van der Waals surface area contributed by atoms with Gasteiger partial charge in [0, 0.05) is 38.8 Å². The normalized spacial score (nSPS) is 22.9. The summed E-state index contributed by atoms with van der Waals surface area (Å²) in [6.07, 6.45) is 0.973. The van der Waals surface area contributed by atoms with Gasteiger partial charge in [0.25, 0.3) is 0 Å². The van der Waals surface area contributed by atoms with Gasteiger partial charge in [0.2, 0.25) is 0 Å². The largest absolute Gasteiger partial charge is 0.327 e. The topological polar surface area (TPSA) is 49.6 Å². The maximum atomic E-state index is 10.3. The number of carbonyl (C=O) groups excluding carboxylic acids is 1. The van der Waals surface area contributed by atoms with Gasteiger partial charge in [-0.3, -0.25) is 9.80 Å². The number of hydrogen-bond acceptors (Lipinski definition) is 4. The van der Waals surface area contributed by atoms with Crippen molar-refractivity contribution in [2.75, 3.05) is 39.3 Å². The van der Waals surface area contributed by atoms with Crippen LogP contribution >= 0.6 is 0 Å². The fraction of sp³-hybridized carbons (Fsp3) is 0.889. The lowest BCUT2D eigenvalue weighted by molar-refractivity contribution is -0.109. The van der Waals surface area contributed by atoms with Crippen LogP contribution in [-0.2, 0) is 4.79 Å². The van der Waals surface area contributed by atoms with E-state index in [1.807, 2.05) is 6.92 Å². The molecule has 2 N–H and O–H groups in total. The van der Waals surface area contributed by atoms with Crippen molar-refractivity contribution in [3.05, 3.63) is 0 Å². The van der Waals surface area contributed by atoms with Crippen molar-refractivity contribution in [1.82, 2.24) is 9.80 Å². The second kappa shape index (κ2) is 5.32. The molecular weight excluding hydrogens is 166 g/mol. The molecule has 1 saturated heterocycles. The molecule has 76 valence electrons. The second-order valence-corrected chi connectivity index (χ2v) is 3.75. The van der Waals surface area contributed by atoms with Crippen LogP contribution in [0, 0.1) is 0 Å². The Kier molecular flexibility index (Phi) is 4.35. The lowest BCUT2D eigenvalue weighted by atomic mass is 10.2. The van der Waals surface area contributed by atoms with Crippen molar-refractivity contribution in [2.45, 2.75) is 13.0 Å². The first-order valence-corrected chi connectivity index (χ1v) is 4.86. The maximum Gasteiger partial charge on any atom is 0.133 e. The predicted molar refractivity (Wildman–Crippen MR) is 52.6 cm³/mol. The minimum Gasteiger partial charge on any atom is -0.327 e. The molecule has 1 aliphatic heterocycles. The van der Waals surface area contributed by atoms with E-state index in [1.54, 1.807) is 0 Å². The molecule has 0 saturated carbocycles. The number of aldehydes is 1. The van der Waals surface area contributed by atoms with Gasteiger partial charge < -0.3 is 10.5 Å². The zero-order valence-electron chi connectivity index (χ0n) is 8.28. The van der Waals surface area contributed by atoms with Gasteiger partial charge in [-0.1, -0.05) is 0 Å². The molecule has 0 aromatic rings. The van der Waals surface area contributed by atoms with E-state index in [0.717, 1.165) is 39.0 Å². The average Bonchev–Trinajstić information content (AvgIpc) is 2.08. The Bertz CT molecular complexity index is 153. The summed E-state index contributed by atoms with van der Waals surface area (Å²) in [5, 5.41) is 0.